The Morgan fingerprint density at radius 2 is 2.22 bits per heavy atom. The van der Waals surface area contributed by atoms with Gasteiger partial charge in [-0.25, -0.2) is 14.5 Å². The molecule has 0 saturated carbocycles. The highest BCUT2D eigenvalue weighted by Gasteiger charge is 2.36. The molecular formula is C12H14ClN3O2. The summed E-state index contributed by atoms with van der Waals surface area (Å²) in [5.41, 5.74) is 0.571. The Kier molecular flexibility index (Phi) is 3.43. The van der Waals surface area contributed by atoms with Crippen molar-refractivity contribution in [1.29, 1.82) is 0 Å². The predicted octanol–water partition coefficient (Wildman–Crippen LogP) is 2.63. The number of urea groups is 2. The van der Waals surface area contributed by atoms with E-state index in [1.807, 2.05) is 6.92 Å². The number of likely N-dealkylation sites (N-methyl/N-ethyl adjacent to an activating group) is 1. The number of rotatable bonds is 1. The van der Waals surface area contributed by atoms with E-state index < -0.39 is 6.03 Å². The molecule has 0 aromatic heterocycles. The summed E-state index contributed by atoms with van der Waals surface area (Å²) in [6.07, 6.45) is 0. The first-order chi connectivity index (χ1) is 8.49. The molecule has 1 N–H and O–H groups in total. The number of nitrogens with one attached hydrogen (secondary N) is 1. The molecule has 4 amide bonds. The van der Waals surface area contributed by atoms with Gasteiger partial charge in [0.1, 0.15) is 0 Å². The number of hydrogen-bond acceptors (Lipinski definition) is 2. The number of amides is 4. The van der Waals surface area contributed by atoms with Crippen LogP contribution in [-0.2, 0) is 0 Å². The summed E-state index contributed by atoms with van der Waals surface area (Å²) < 4.78 is 0. The predicted molar refractivity (Wildman–Crippen MR) is 69.8 cm³/mol. The van der Waals surface area contributed by atoms with Crippen LogP contribution in [-0.4, -0.2) is 41.5 Å². The fourth-order valence-electron chi connectivity index (χ4n) is 1.97. The van der Waals surface area contributed by atoms with Crippen LogP contribution in [0.2, 0.25) is 5.02 Å². The lowest BCUT2D eigenvalue weighted by Crippen LogP contribution is -2.41. The normalized spacial score (nSPS) is 19.3. The smallest absolute Gasteiger partial charge is 0.325 e. The number of imide groups is 1. The van der Waals surface area contributed by atoms with Gasteiger partial charge >= 0.3 is 12.1 Å². The quantitative estimate of drug-likeness (QED) is 0.850. The van der Waals surface area contributed by atoms with Gasteiger partial charge in [-0.1, -0.05) is 17.7 Å². The van der Waals surface area contributed by atoms with Crippen molar-refractivity contribution in [2.75, 3.05) is 18.9 Å². The molecule has 0 radical (unpaired) electrons. The Labute approximate surface area is 110 Å². The van der Waals surface area contributed by atoms with Crippen molar-refractivity contribution < 1.29 is 9.59 Å². The first kappa shape index (κ1) is 12.7. The van der Waals surface area contributed by atoms with Gasteiger partial charge in [0.15, 0.2) is 0 Å². The van der Waals surface area contributed by atoms with Crippen molar-refractivity contribution in [3.63, 3.8) is 0 Å². The van der Waals surface area contributed by atoms with Crippen molar-refractivity contribution in [2.45, 2.75) is 13.0 Å². The minimum Gasteiger partial charge on any atom is -0.325 e. The molecule has 1 aliphatic rings. The molecule has 1 atom stereocenters. The molecule has 1 aromatic carbocycles. The minimum atomic E-state index is -0.431. The average Bonchev–Trinajstić information content (AvgIpc) is 2.53. The molecule has 5 nitrogen and oxygen atoms in total. The Balaban J connectivity index is 2.11. The summed E-state index contributed by atoms with van der Waals surface area (Å²) in [7, 11) is 1.67. The van der Waals surface area contributed by atoms with Crippen LogP contribution >= 0.6 is 11.6 Å². The molecule has 1 aromatic rings. The van der Waals surface area contributed by atoms with E-state index >= 15 is 0 Å². The van der Waals surface area contributed by atoms with Crippen LogP contribution in [0.25, 0.3) is 0 Å². The molecular weight excluding hydrogens is 254 g/mol. The maximum Gasteiger partial charge on any atom is 0.330 e. The third-order valence-corrected chi connectivity index (χ3v) is 3.04. The number of anilines is 1. The second kappa shape index (κ2) is 4.86. The van der Waals surface area contributed by atoms with Gasteiger partial charge in [0.05, 0.1) is 6.04 Å². The van der Waals surface area contributed by atoms with Crippen molar-refractivity contribution in [2.24, 2.45) is 0 Å². The fraction of sp³-hybridized carbons (Fsp3) is 0.333. The average molecular weight is 268 g/mol. The lowest BCUT2D eigenvalue weighted by atomic mass is 10.3. The highest BCUT2D eigenvalue weighted by molar-refractivity contribution is 6.30. The zero-order chi connectivity index (χ0) is 13.3. The van der Waals surface area contributed by atoms with Gasteiger partial charge in [-0.15, -0.1) is 0 Å². The van der Waals surface area contributed by atoms with Crippen LogP contribution in [0.3, 0.4) is 0 Å². The molecule has 1 unspecified atom stereocenters. The van der Waals surface area contributed by atoms with Gasteiger partial charge in [0, 0.05) is 24.3 Å². The van der Waals surface area contributed by atoms with Crippen LogP contribution in [0.4, 0.5) is 15.3 Å². The molecule has 0 aliphatic carbocycles. The molecule has 18 heavy (non-hydrogen) atoms. The SMILES string of the molecule is CC1CN(C)C(=O)N1C(=O)Nc1cccc(Cl)c1. The first-order valence-electron chi connectivity index (χ1n) is 5.60. The number of carbonyl (C=O) groups excluding carboxylic acids is 2. The largest absolute Gasteiger partial charge is 0.330 e. The van der Waals surface area contributed by atoms with Crippen LogP contribution in [0, 0.1) is 0 Å². The first-order valence-corrected chi connectivity index (χ1v) is 5.97. The van der Waals surface area contributed by atoms with Gasteiger partial charge in [-0.05, 0) is 25.1 Å². The lowest BCUT2D eigenvalue weighted by Gasteiger charge is -2.18. The maximum absolute atomic E-state index is 12.0. The Morgan fingerprint density at radius 1 is 1.50 bits per heavy atom. The van der Waals surface area contributed by atoms with Crippen LogP contribution in [0.15, 0.2) is 24.3 Å². The van der Waals surface area contributed by atoms with Gasteiger partial charge in [0.2, 0.25) is 0 Å². The monoisotopic (exact) mass is 267 g/mol. The minimum absolute atomic E-state index is 0.137. The molecule has 96 valence electrons. The van der Waals surface area contributed by atoms with E-state index in [2.05, 4.69) is 5.32 Å². The van der Waals surface area contributed by atoms with Gasteiger partial charge in [-0.3, -0.25) is 0 Å². The van der Waals surface area contributed by atoms with E-state index in [0.29, 0.717) is 17.3 Å². The van der Waals surface area contributed by atoms with Crippen LogP contribution < -0.4 is 5.32 Å². The third-order valence-electron chi connectivity index (χ3n) is 2.81. The van der Waals surface area contributed by atoms with Crippen molar-refractivity contribution in [1.82, 2.24) is 9.80 Å². The van der Waals surface area contributed by atoms with E-state index in [4.69, 9.17) is 11.6 Å². The zero-order valence-corrected chi connectivity index (χ0v) is 10.9. The fourth-order valence-corrected chi connectivity index (χ4v) is 2.16. The molecule has 1 fully saturated rings. The molecule has 1 saturated heterocycles. The topological polar surface area (TPSA) is 52.7 Å². The Bertz CT molecular complexity index is 492. The molecule has 0 bridgehead atoms. The highest BCUT2D eigenvalue weighted by atomic mass is 35.5. The number of nitrogens with zero attached hydrogens (tertiary/aromatic N) is 2. The van der Waals surface area contributed by atoms with E-state index in [1.165, 1.54) is 9.80 Å². The Morgan fingerprint density at radius 3 is 2.78 bits per heavy atom. The standard InChI is InChI=1S/C12H14ClN3O2/c1-8-7-15(2)12(18)16(8)11(17)14-10-5-3-4-9(13)6-10/h3-6,8H,7H2,1-2H3,(H,14,17). The second-order valence-corrected chi connectivity index (χ2v) is 4.76. The summed E-state index contributed by atoms with van der Waals surface area (Å²) in [6, 6.07) is 5.95. The summed E-state index contributed by atoms with van der Waals surface area (Å²) in [5, 5.41) is 3.19. The number of halogens is 1. The van der Waals surface area contributed by atoms with Crippen molar-refractivity contribution >= 4 is 29.4 Å². The third kappa shape index (κ3) is 2.41. The molecule has 1 aliphatic heterocycles. The molecule has 0 spiro atoms. The lowest BCUT2D eigenvalue weighted by molar-refractivity contribution is 0.190. The van der Waals surface area contributed by atoms with Gasteiger partial charge in [0.25, 0.3) is 0 Å². The molecule has 6 heteroatoms. The van der Waals surface area contributed by atoms with E-state index in [-0.39, 0.29) is 12.1 Å². The zero-order valence-electron chi connectivity index (χ0n) is 10.2. The van der Waals surface area contributed by atoms with Crippen molar-refractivity contribution in [3.05, 3.63) is 29.3 Å². The van der Waals surface area contributed by atoms with Crippen LogP contribution in [0.5, 0.6) is 0 Å². The summed E-state index contributed by atoms with van der Waals surface area (Å²) >= 11 is 5.83. The Hall–Kier alpha value is -1.75. The maximum atomic E-state index is 12.0. The second-order valence-electron chi connectivity index (χ2n) is 4.32. The van der Waals surface area contributed by atoms with Gasteiger partial charge < -0.3 is 10.2 Å². The van der Waals surface area contributed by atoms with Gasteiger partial charge in [-0.2, -0.15) is 0 Å². The summed E-state index contributed by atoms with van der Waals surface area (Å²) in [4.78, 5) is 26.5. The number of carbonyl (C=O) groups is 2. The molecule has 1 heterocycles. The molecule has 2 rings (SSSR count). The number of hydrogen-bond donors (Lipinski definition) is 1. The van der Waals surface area contributed by atoms with Crippen LogP contribution in [0.1, 0.15) is 6.92 Å². The summed E-state index contributed by atoms with van der Waals surface area (Å²) in [5.74, 6) is 0. The van der Waals surface area contributed by atoms with E-state index in [0.717, 1.165) is 0 Å². The number of benzene rings is 1. The van der Waals surface area contributed by atoms with Crippen molar-refractivity contribution in [3.8, 4) is 0 Å². The van der Waals surface area contributed by atoms with E-state index in [1.54, 1.807) is 31.3 Å². The summed E-state index contributed by atoms with van der Waals surface area (Å²) in [6.45, 7) is 2.38. The van der Waals surface area contributed by atoms with E-state index in [9.17, 15) is 9.59 Å². The highest BCUT2D eigenvalue weighted by Crippen LogP contribution is 2.18.